The molecule has 2 unspecified atom stereocenters. The molecule has 1 N–H and O–H groups in total. The van der Waals surface area contributed by atoms with Crippen LogP contribution in [0.5, 0.6) is 0 Å². The van der Waals surface area contributed by atoms with Crippen molar-refractivity contribution in [1.29, 1.82) is 0 Å². The summed E-state index contributed by atoms with van der Waals surface area (Å²) in [4.78, 5) is 2.37. The predicted octanol–water partition coefficient (Wildman–Crippen LogP) is 3.18. The summed E-state index contributed by atoms with van der Waals surface area (Å²) < 4.78 is 36.3. The molecular weight excluding hydrogens is 253 g/mol. The zero-order chi connectivity index (χ0) is 14.1. The maximum absolute atomic E-state index is 12.1. The van der Waals surface area contributed by atoms with Crippen LogP contribution in [0, 0.1) is 5.92 Å². The van der Waals surface area contributed by atoms with Gasteiger partial charge < -0.3 is 5.32 Å². The molecule has 2 fully saturated rings. The highest BCUT2D eigenvalue weighted by Crippen LogP contribution is 2.41. The second-order valence-electron chi connectivity index (χ2n) is 6.46. The summed E-state index contributed by atoms with van der Waals surface area (Å²) in [5, 5.41) is 3.63. The van der Waals surface area contributed by atoms with Crippen molar-refractivity contribution in [2.45, 2.75) is 63.7 Å². The second kappa shape index (κ2) is 5.60. The largest absolute Gasteiger partial charge is 0.389 e. The van der Waals surface area contributed by atoms with Crippen LogP contribution in [0.4, 0.5) is 13.2 Å². The van der Waals surface area contributed by atoms with Crippen molar-refractivity contribution in [3.63, 3.8) is 0 Å². The highest BCUT2D eigenvalue weighted by Gasteiger charge is 2.45. The van der Waals surface area contributed by atoms with Crippen LogP contribution in [0.15, 0.2) is 0 Å². The van der Waals surface area contributed by atoms with Crippen LogP contribution in [0.1, 0.15) is 46.0 Å². The van der Waals surface area contributed by atoms with Crippen molar-refractivity contribution < 1.29 is 13.2 Å². The van der Waals surface area contributed by atoms with E-state index in [-0.39, 0.29) is 12.0 Å². The lowest BCUT2D eigenvalue weighted by molar-refractivity contribution is -0.135. The van der Waals surface area contributed by atoms with E-state index in [1.807, 2.05) is 0 Å². The van der Waals surface area contributed by atoms with Gasteiger partial charge in [0.05, 0.1) is 0 Å². The third-order valence-corrected chi connectivity index (χ3v) is 4.59. The van der Waals surface area contributed by atoms with Crippen LogP contribution in [-0.2, 0) is 0 Å². The first-order chi connectivity index (χ1) is 8.80. The molecule has 0 aromatic rings. The van der Waals surface area contributed by atoms with Gasteiger partial charge in [0.25, 0.3) is 0 Å². The van der Waals surface area contributed by atoms with E-state index in [2.05, 4.69) is 24.1 Å². The van der Waals surface area contributed by atoms with Crippen LogP contribution in [-0.4, -0.2) is 42.3 Å². The van der Waals surface area contributed by atoms with E-state index in [4.69, 9.17) is 0 Å². The topological polar surface area (TPSA) is 15.3 Å². The molecule has 1 heterocycles. The normalized spacial score (nSPS) is 33.6. The van der Waals surface area contributed by atoms with Gasteiger partial charge in [0.2, 0.25) is 0 Å². The Morgan fingerprint density at radius 3 is 2.53 bits per heavy atom. The number of rotatable bonds is 5. The SMILES string of the molecule is CC1CNC(C)(C2CC2)CN1CCCCC(F)(F)F. The lowest BCUT2D eigenvalue weighted by Gasteiger charge is -2.45. The Kier molecular flexibility index (Phi) is 4.45. The standard InChI is InChI=1S/C14H25F3N2/c1-11-9-18-13(2,12-5-6-12)10-19(11)8-4-3-7-14(15,16)17/h11-12,18H,3-10H2,1-2H3. The van der Waals surface area contributed by atoms with E-state index in [0.717, 1.165) is 25.6 Å². The Balaban J connectivity index is 1.75. The molecule has 1 aliphatic carbocycles. The van der Waals surface area contributed by atoms with Gasteiger partial charge in [0.15, 0.2) is 0 Å². The molecule has 1 saturated carbocycles. The van der Waals surface area contributed by atoms with Crippen LogP contribution < -0.4 is 5.32 Å². The number of alkyl halides is 3. The van der Waals surface area contributed by atoms with Crippen molar-refractivity contribution >= 4 is 0 Å². The van der Waals surface area contributed by atoms with E-state index in [1.165, 1.54) is 12.8 Å². The molecule has 2 nitrogen and oxygen atoms in total. The van der Waals surface area contributed by atoms with Gasteiger partial charge in [-0.15, -0.1) is 0 Å². The molecular formula is C14H25F3N2. The second-order valence-corrected chi connectivity index (χ2v) is 6.46. The molecule has 2 rings (SSSR count). The average Bonchev–Trinajstić information content (AvgIpc) is 3.12. The molecule has 0 aromatic carbocycles. The number of unbranched alkanes of at least 4 members (excludes halogenated alkanes) is 1. The summed E-state index contributed by atoms with van der Waals surface area (Å²) >= 11 is 0. The summed E-state index contributed by atoms with van der Waals surface area (Å²) in [6, 6.07) is 0.428. The molecule has 19 heavy (non-hydrogen) atoms. The number of piperazine rings is 1. The number of halogens is 3. The molecule has 5 heteroatoms. The van der Waals surface area contributed by atoms with Crippen LogP contribution in [0.2, 0.25) is 0 Å². The highest BCUT2D eigenvalue weighted by molar-refractivity contribution is 5.03. The van der Waals surface area contributed by atoms with Gasteiger partial charge in [0, 0.05) is 31.1 Å². The predicted molar refractivity (Wildman–Crippen MR) is 70.1 cm³/mol. The van der Waals surface area contributed by atoms with Gasteiger partial charge in [-0.25, -0.2) is 0 Å². The Bertz CT molecular complexity index is 302. The molecule has 0 amide bonds. The lowest BCUT2D eigenvalue weighted by Crippen LogP contribution is -2.63. The first-order valence-corrected chi connectivity index (χ1v) is 7.36. The van der Waals surface area contributed by atoms with Gasteiger partial charge in [-0.2, -0.15) is 13.2 Å². The third kappa shape index (κ3) is 4.35. The van der Waals surface area contributed by atoms with Crippen LogP contribution in [0.25, 0.3) is 0 Å². The number of hydrogen-bond donors (Lipinski definition) is 1. The quantitative estimate of drug-likeness (QED) is 0.777. The maximum Gasteiger partial charge on any atom is 0.389 e. The smallest absolute Gasteiger partial charge is 0.308 e. The fraction of sp³-hybridized carbons (Fsp3) is 1.00. The molecule has 0 radical (unpaired) electrons. The van der Waals surface area contributed by atoms with Gasteiger partial charge >= 0.3 is 6.18 Å². The molecule has 0 aromatic heterocycles. The van der Waals surface area contributed by atoms with Gasteiger partial charge in [-0.05, 0) is 52.0 Å². The Morgan fingerprint density at radius 2 is 1.95 bits per heavy atom. The van der Waals surface area contributed by atoms with E-state index in [9.17, 15) is 13.2 Å². The molecule has 2 atom stereocenters. The van der Waals surface area contributed by atoms with Gasteiger partial charge in [-0.1, -0.05) is 0 Å². The molecule has 1 aliphatic heterocycles. The fourth-order valence-electron chi connectivity index (χ4n) is 3.08. The summed E-state index contributed by atoms with van der Waals surface area (Å²) in [6.07, 6.45) is -1.17. The van der Waals surface area contributed by atoms with E-state index in [1.54, 1.807) is 0 Å². The monoisotopic (exact) mass is 278 g/mol. The van der Waals surface area contributed by atoms with Crippen molar-refractivity contribution in [3.05, 3.63) is 0 Å². The zero-order valence-electron chi connectivity index (χ0n) is 11.9. The highest BCUT2D eigenvalue weighted by atomic mass is 19.4. The van der Waals surface area contributed by atoms with Crippen molar-refractivity contribution in [2.75, 3.05) is 19.6 Å². The fourth-order valence-corrected chi connectivity index (χ4v) is 3.08. The van der Waals surface area contributed by atoms with Crippen LogP contribution in [0.3, 0.4) is 0 Å². The molecule has 0 bridgehead atoms. The number of nitrogens with one attached hydrogen (secondary N) is 1. The average molecular weight is 278 g/mol. The summed E-state index contributed by atoms with van der Waals surface area (Å²) in [5.41, 5.74) is 0.177. The lowest BCUT2D eigenvalue weighted by atomic mass is 9.91. The summed E-state index contributed by atoms with van der Waals surface area (Å²) in [5.74, 6) is 0.762. The molecule has 2 aliphatic rings. The van der Waals surface area contributed by atoms with E-state index in [0.29, 0.717) is 12.5 Å². The van der Waals surface area contributed by atoms with E-state index < -0.39 is 12.6 Å². The minimum absolute atomic E-state index is 0.177. The molecule has 112 valence electrons. The van der Waals surface area contributed by atoms with Gasteiger partial charge in [-0.3, -0.25) is 4.90 Å². The number of hydrogen-bond acceptors (Lipinski definition) is 2. The van der Waals surface area contributed by atoms with Crippen molar-refractivity contribution in [1.82, 2.24) is 10.2 Å². The number of nitrogens with zero attached hydrogens (tertiary/aromatic N) is 1. The molecule has 0 spiro atoms. The minimum Gasteiger partial charge on any atom is -0.308 e. The van der Waals surface area contributed by atoms with Gasteiger partial charge in [0.1, 0.15) is 0 Å². The Hall–Kier alpha value is -0.290. The maximum atomic E-state index is 12.1. The first kappa shape index (κ1) is 15.1. The summed E-state index contributed by atoms with van der Waals surface area (Å²) in [7, 11) is 0. The molecule has 1 saturated heterocycles. The van der Waals surface area contributed by atoms with E-state index >= 15 is 0 Å². The third-order valence-electron chi connectivity index (χ3n) is 4.59. The van der Waals surface area contributed by atoms with Crippen molar-refractivity contribution in [3.8, 4) is 0 Å². The Labute approximate surface area is 113 Å². The Morgan fingerprint density at radius 1 is 1.26 bits per heavy atom. The van der Waals surface area contributed by atoms with Crippen LogP contribution >= 0.6 is 0 Å². The first-order valence-electron chi connectivity index (χ1n) is 7.36. The van der Waals surface area contributed by atoms with Crippen molar-refractivity contribution in [2.24, 2.45) is 5.92 Å². The minimum atomic E-state index is -4.00. The summed E-state index contributed by atoms with van der Waals surface area (Å²) in [6.45, 7) is 7.14. The zero-order valence-corrected chi connectivity index (χ0v) is 11.9.